The Morgan fingerprint density at radius 1 is 1.31 bits per heavy atom. The summed E-state index contributed by atoms with van der Waals surface area (Å²) in [4.78, 5) is 13.6. The van der Waals surface area contributed by atoms with Crippen LogP contribution in [0.2, 0.25) is 0 Å². The van der Waals surface area contributed by atoms with Gasteiger partial charge in [0.25, 0.3) is 0 Å². The second kappa shape index (κ2) is 3.74. The number of ketones is 1. The molecule has 0 N–H and O–H groups in total. The van der Waals surface area contributed by atoms with Gasteiger partial charge in [0.2, 0.25) is 0 Å². The number of nitrogens with zero attached hydrogens (tertiary/aromatic N) is 1. The van der Waals surface area contributed by atoms with Crippen LogP contribution >= 0.6 is 0 Å². The molecule has 3 heteroatoms. The van der Waals surface area contributed by atoms with Gasteiger partial charge < -0.3 is 0 Å². The minimum Gasteiger partial charge on any atom is -0.298 e. The molecule has 0 bridgehead atoms. The zero-order valence-corrected chi connectivity index (χ0v) is 7.84. The third kappa shape index (κ3) is 1.90. The Balaban J connectivity index is 1.95. The van der Waals surface area contributed by atoms with Gasteiger partial charge in [0, 0.05) is 19.5 Å². The van der Waals surface area contributed by atoms with Gasteiger partial charge in [-0.3, -0.25) is 9.69 Å². The summed E-state index contributed by atoms with van der Waals surface area (Å²) in [6.45, 7) is 1.26. The molecule has 2 fully saturated rings. The van der Waals surface area contributed by atoms with E-state index in [1.807, 2.05) is 4.90 Å². The highest BCUT2D eigenvalue weighted by Crippen LogP contribution is 2.24. The van der Waals surface area contributed by atoms with E-state index in [1.54, 1.807) is 0 Å². The third-order valence-electron chi connectivity index (χ3n) is 3.13. The molecule has 1 aliphatic carbocycles. The minimum atomic E-state index is -0.699. The molecule has 0 radical (unpaired) electrons. The van der Waals surface area contributed by atoms with Crippen molar-refractivity contribution in [1.29, 1.82) is 0 Å². The first-order chi connectivity index (χ1) is 6.27. The van der Waals surface area contributed by atoms with E-state index in [9.17, 15) is 9.18 Å². The standard InChI is InChI=1S/C10H16FNO/c11-8-5-6-12(7-8)9-3-1-2-4-10(9)13/h8-9H,1-7H2. The molecule has 1 saturated carbocycles. The lowest BCUT2D eigenvalue weighted by atomic mass is 9.93. The molecule has 2 atom stereocenters. The molecule has 0 aromatic carbocycles. The van der Waals surface area contributed by atoms with Crippen molar-refractivity contribution in [3.8, 4) is 0 Å². The largest absolute Gasteiger partial charge is 0.298 e. The number of rotatable bonds is 1. The Hall–Kier alpha value is -0.440. The molecule has 74 valence electrons. The maximum absolute atomic E-state index is 12.9. The summed E-state index contributed by atoms with van der Waals surface area (Å²) in [5.41, 5.74) is 0. The predicted molar refractivity (Wildman–Crippen MR) is 48.3 cm³/mol. The lowest BCUT2D eigenvalue weighted by Gasteiger charge is -2.29. The van der Waals surface area contributed by atoms with Gasteiger partial charge in [0.1, 0.15) is 12.0 Å². The number of Topliss-reactive ketones (excluding diaryl/α,β-unsaturated/α-hetero) is 1. The molecule has 1 saturated heterocycles. The number of alkyl halides is 1. The van der Waals surface area contributed by atoms with Crippen molar-refractivity contribution < 1.29 is 9.18 Å². The normalized spacial score (nSPS) is 36.8. The Morgan fingerprint density at radius 2 is 2.15 bits per heavy atom. The monoisotopic (exact) mass is 185 g/mol. The van der Waals surface area contributed by atoms with Crippen LogP contribution in [-0.4, -0.2) is 36.0 Å². The average molecular weight is 185 g/mol. The van der Waals surface area contributed by atoms with Crippen molar-refractivity contribution in [2.24, 2.45) is 0 Å². The smallest absolute Gasteiger partial charge is 0.149 e. The van der Waals surface area contributed by atoms with E-state index in [4.69, 9.17) is 0 Å². The molecular formula is C10H16FNO. The zero-order chi connectivity index (χ0) is 9.26. The highest BCUT2D eigenvalue weighted by molar-refractivity contribution is 5.84. The van der Waals surface area contributed by atoms with E-state index >= 15 is 0 Å². The van der Waals surface area contributed by atoms with Crippen molar-refractivity contribution in [2.45, 2.75) is 44.3 Å². The Labute approximate surface area is 78.1 Å². The molecule has 2 unspecified atom stereocenters. The van der Waals surface area contributed by atoms with E-state index in [0.29, 0.717) is 25.2 Å². The van der Waals surface area contributed by atoms with Crippen LogP contribution in [0, 0.1) is 0 Å². The van der Waals surface area contributed by atoms with Crippen LogP contribution in [-0.2, 0) is 4.79 Å². The van der Waals surface area contributed by atoms with Crippen molar-refractivity contribution >= 4 is 5.78 Å². The minimum absolute atomic E-state index is 0.0505. The highest BCUT2D eigenvalue weighted by atomic mass is 19.1. The summed E-state index contributed by atoms with van der Waals surface area (Å²) in [6.07, 6.45) is 3.73. The molecule has 2 aliphatic rings. The van der Waals surface area contributed by atoms with Crippen LogP contribution < -0.4 is 0 Å². The molecule has 0 spiro atoms. The van der Waals surface area contributed by atoms with Gasteiger partial charge in [0.15, 0.2) is 0 Å². The third-order valence-corrected chi connectivity index (χ3v) is 3.13. The van der Waals surface area contributed by atoms with Crippen LogP contribution in [0.25, 0.3) is 0 Å². The lowest BCUT2D eigenvalue weighted by molar-refractivity contribution is -0.125. The van der Waals surface area contributed by atoms with Crippen molar-refractivity contribution in [2.75, 3.05) is 13.1 Å². The van der Waals surface area contributed by atoms with Gasteiger partial charge in [0.05, 0.1) is 6.04 Å². The number of carbonyl (C=O) groups excluding carboxylic acids is 1. The molecule has 0 aromatic rings. The fraction of sp³-hybridized carbons (Fsp3) is 0.900. The SMILES string of the molecule is O=C1CCCCC1N1CCC(F)C1. The van der Waals surface area contributed by atoms with Gasteiger partial charge in [-0.25, -0.2) is 4.39 Å². The lowest BCUT2D eigenvalue weighted by Crippen LogP contribution is -2.41. The van der Waals surface area contributed by atoms with E-state index in [2.05, 4.69) is 0 Å². The van der Waals surface area contributed by atoms with Crippen LogP contribution in [0.15, 0.2) is 0 Å². The fourth-order valence-electron chi connectivity index (χ4n) is 2.38. The molecule has 1 aliphatic heterocycles. The predicted octanol–water partition coefficient (Wildman–Crippen LogP) is 1.54. The summed E-state index contributed by atoms with van der Waals surface area (Å²) < 4.78 is 12.9. The Kier molecular flexibility index (Phi) is 2.63. The van der Waals surface area contributed by atoms with E-state index in [0.717, 1.165) is 25.8 Å². The number of hydrogen-bond acceptors (Lipinski definition) is 2. The molecule has 0 amide bonds. The first-order valence-electron chi connectivity index (χ1n) is 5.18. The molecule has 1 heterocycles. The summed E-state index contributed by atoms with van der Waals surface area (Å²) in [7, 11) is 0. The molecule has 2 nitrogen and oxygen atoms in total. The maximum Gasteiger partial charge on any atom is 0.149 e. The quantitative estimate of drug-likeness (QED) is 0.617. The van der Waals surface area contributed by atoms with Crippen molar-refractivity contribution in [1.82, 2.24) is 4.90 Å². The molecular weight excluding hydrogens is 169 g/mol. The van der Waals surface area contributed by atoms with Crippen molar-refractivity contribution in [3.05, 3.63) is 0 Å². The average Bonchev–Trinajstić information content (AvgIpc) is 2.53. The number of halogens is 1. The van der Waals surface area contributed by atoms with Crippen LogP contribution in [0.1, 0.15) is 32.1 Å². The van der Waals surface area contributed by atoms with Crippen LogP contribution in [0.3, 0.4) is 0 Å². The summed E-state index contributed by atoms with van der Waals surface area (Å²) in [5, 5.41) is 0. The zero-order valence-electron chi connectivity index (χ0n) is 7.84. The van der Waals surface area contributed by atoms with Crippen LogP contribution in [0.5, 0.6) is 0 Å². The first-order valence-corrected chi connectivity index (χ1v) is 5.18. The molecule has 0 aromatic heterocycles. The fourth-order valence-corrected chi connectivity index (χ4v) is 2.38. The van der Waals surface area contributed by atoms with Gasteiger partial charge >= 0.3 is 0 Å². The number of carbonyl (C=O) groups is 1. The van der Waals surface area contributed by atoms with Gasteiger partial charge in [-0.1, -0.05) is 6.42 Å². The second-order valence-electron chi connectivity index (χ2n) is 4.11. The molecule has 13 heavy (non-hydrogen) atoms. The van der Waals surface area contributed by atoms with E-state index in [-0.39, 0.29) is 6.04 Å². The van der Waals surface area contributed by atoms with E-state index in [1.165, 1.54) is 0 Å². The van der Waals surface area contributed by atoms with Crippen molar-refractivity contribution in [3.63, 3.8) is 0 Å². The van der Waals surface area contributed by atoms with Gasteiger partial charge in [-0.15, -0.1) is 0 Å². The second-order valence-corrected chi connectivity index (χ2v) is 4.11. The van der Waals surface area contributed by atoms with Crippen LogP contribution in [0.4, 0.5) is 4.39 Å². The highest BCUT2D eigenvalue weighted by Gasteiger charge is 2.33. The topological polar surface area (TPSA) is 20.3 Å². The number of likely N-dealkylation sites (tertiary alicyclic amines) is 1. The van der Waals surface area contributed by atoms with E-state index < -0.39 is 6.17 Å². The summed E-state index contributed by atoms with van der Waals surface area (Å²) in [6, 6.07) is 0.0505. The van der Waals surface area contributed by atoms with Gasteiger partial charge in [-0.05, 0) is 19.3 Å². The Morgan fingerprint density at radius 3 is 2.77 bits per heavy atom. The number of hydrogen-bond donors (Lipinski definition) is 0. The first kappa shape index (κ1) is 9.13. The Bertz CT molecular complexity index is 207. The summed E-state index contributed by atoms with van der Waals surface area (Å²) >= 11 is 0. The molecule has 2 rings (SSSR count). The maximum atomic E-state index is 12.9. The summed E-state index contributed by atoms with van der Waals surface area (Å²) in [5.74, 6) is 0.334. The van der Waals surface area contributed by atoms with Gasteiger partial charge in [-0.2, -0.15) is 0 Å².